The van der Waals surface area contributed by atoms with Gasteiger partial charge in [-0.2, -0.15) is 10.2 Å². The molecule has 2 amide bonds. The molecule has 138 valence electrons. The van der Waals surface area contributed by atoms with E-state index in [9.17, 15) is 9.59 Å². The van der Waals surface area contributed by atoms with Crippen LogP contribution in [0.15, 0.2) is 24.5 Å². The normalized spacial score (nSPS) is 17.3. The van der Waals surface area contributed by atoms with Crippen molar-refractivity contribution >= 4 is 11.8 Å². The second-order valence-electron chi connectivity index (χ2n) is 7.07. The minimum absolute atomic E-state index is 0.0984. The van der Waals surface area contributed by atoms with E-state index >= 15 is 0 Å². The highest BCUT2D eigenvalue weighted by Crippen LogP contribution is 2.29. The van der Waals surface area contributed by atoms with Crippen molar-refractivity contribution in [1.29, 1.82) is 0 Å². The molecule has 1 aliphatic heterocycles. The maximum atomic E-state index is 12.5. The Labute approximate surface area is 152 Å². The molecule has 0 aromatic carbocycles. The fraction of sp³-hybridized carbons (Fsp3) is 0.556. The summed E-state index contributed by atoms with van der Waals surface area (Å²) in [5.74, 6) is 0.421. The largest absolute Gasteiger partial charge is 0.349 e. The Balaban J connectivity index is 1.35. The predicted octanol–water partition coefficient (Wildman–Crippen LogP) is 0.928. The van der Waals surface area contributed by atoms with E-state index in [1.807, 2.05) is 15.6 Å². The molecule has 3 heterocycles. The van der Waals surface area contributed by atoms with Crippen LogP contribution < -0.4 is 5.32 Å². The van der Waals surface area contributed by atoms with Gasteiger partial charge in [0.15, 0.2) is 0 Å². The Bertz CT molecular complexity index is 778. The molecule has 26 heavy (non-hydrogen) atoms. The molecule has 2 aromatic heterocycles. The number of nitrogens with one attached hydrogen (secondary N) is 1. The van der Waals surface area contributed by atoms with E-state index in [-0.39, 0.29) is 18.4 Å². The smallest absolute Gasteiger partial charge is 0.242 e. The lowest BCUT2D eigenvalue weighted by Crippen LogP contribution is -2.38. The van der Waals surface area contributed by atoms with Crippen LogP contribution in [0.1, 0.15) is 37.1 Å². The van der Waals surface area contributed by atoms with Crippen molar-refractivity contribution in [2.45, 2.75) is 51.9 Å². The molecule has 1 aliphatic carbocycles. The van der Waals surface area contributed by atoms with Gasteiger partial charge in [0.05, 0.1) is 24.5 Å². The topological polar surface area (TPSA) is 85.1 Å². The summed E-state index contributed by atoms with van der Waals surface area (Å²) in [7, 11) is 0. The van der Waals surface area contributed by atoms with Crippen molar-refractivity contribution in [3.8, 4) is 0 Å². The van der Waals surface area contributed by atoms with Gasteiger partial charge in [0, 0.05) is 31.4 Å². The molecule has 8 nitrogen and oxygen atoms in total. The summed E-state index contributed by atoms with van der Waals surface area (Å²) in [6.07, 6.45) is 7.55. The maximum absolute atomic E-state index is 12.5. The summed E-state index contributed by atoms with van der Waals surface area (Å²) in [6, 6.07) is 3.79. The SMILES string of the molecule is O=C(Cn1cccn1)NCc1cc2n(n1)CCCN(C(=O)C1CCC1)C2. The Hall–Kier alpha value is -2.64. The Morgan fingerprint density at radius 1 is 1.23 bits per heavy atom. The first-order valence-electron chi connectivity index (χ1n) is 9.27. The quantitative estimate of drug-likeness (QED) is 0.864. The molecule has 1 fully saturated rings. The van der Waals surface area contributed by atoms with Crippen molar-refractivity contribution in [3.63, 3.8) is 0 Å². The van der Waals surface area contributed by atoms with Gasteiger partial charge in [-0.25, -0.2) is 0 Å². The summed E-state index contributed by atoms with van der Waals surface area (Å²) < 4.78 is 3.56. The minimum atomic E-state index is -0.0984. The van der Waals surface area contributed by atoms with Gasteiger partial charge in [0.1, 0.15) is 6.54 Å². The standard InChI is InChI=1S/C18H24N6O2/c25-17(13-23-8-2-6-20-23)19-11-15-10-16-12-22(7-3-9-24(16)21-15)18(26)14-4-1-5-14/h2,6,8,10,14H,1,3-5,7,9,11-13H2,(H,19,25). The number of carbonyl (C=O) groups is 2. The molecule has 1 saturated carbocycles. The molecular formula is C18H24N6O2. The number of carbonyl (C=O) groups excluding carboxylic acids is 2. The molecular weight excluding hydrogens is 332 g/mol. The molecule has 2 aliphatic rings. The first kappa shape index (κ1) is 16.8. The van der Waals surface area contributed by atoms with Gasteiger partial charge in [0.2, 0.25) is 11.8 Å². The molecule has 1 N–H and O–H groups in total. The van der Waals surface area contributed by atoms with E-state index in [0.717, 1.165) is 43.7 Å². The average Bonchev–Trinajstić information content (AvgIpc) is 3.16. The van der Waals surface area contributed by atoms with Gasteiger partial charge in [-0.3, -0.25) is 19.0 Å². The van der Waals surface area contributed by atoms with Crippen LogP contribution in [0.2, 0.25) is 0 Å². The molecule has 0 spiro atoms. The summed E-state index contributed by atoms with van der Waals surface area (Å²) in [4.78, 5) is 26.5. The number of aromatic nitrogens is 4. The number of fused-ring (bicyclic) bond motifs is 1. The summed E-state index contributed by atoms with van der Waals surface area (Å²) in [5, 5.41) is 11.5. The molecule has 2 aromatic rings. The lowest BCUT2D eigenvalue weighted by Gasteiger charge is -2.30. The summed E-state index contributed by atoms with van der Waals surface area (Å²) in [6.45, 7) is 2.81. The van der Waals surface area contributed by atoms with Crippen molar-refractivity contribution in [2.75, 3.05) is 6.54 Å². The van der Waals surface area contributed by atoms with Crippen LogP contribution in [-0.4, -0.2) is 42.8 Å². The zero-order chi connectivity index (χ0) is 17.9. The number of hydrogen-bond donors (Lipinski definition) is 1. The number of nitrogens with zero attached hydrogens (tertiary/aromatic N) is 5. The van der Waals surface area contributed by atoms with E-state index in [2.05, 4.69) is 15.5 Å². The van der Waals surface area contributed by atoms with Crippen LogP contribution in [0.4, 0.5) is 0 Å². The van der Waals surface area contributed by atoms with Gasteiger partial charge in [-0.1, -0.05) is 6.42 Å². The van der Waals surface area contributed by atoms with Gasteiger partial charge < -0.3 is 10.2 Å². The van der Waals surface area contributed by atoms with Crippen LogP contribution in [0, 0.1) is 5.92 Å². The highest BCUT2D eigenvalue weighted by Gasteiger charge is 2.30. The molecule has 8 heteroatoms. The van der Waals surface area contributed by atoms with Crippen molar-refractivity contribution < 1.29 is 9.59 Å². The number of rotatable bonds is 5. The van der Waals surface area contributed by atoms with E-state index < -0.39 is 0 Å². The van der Waals surface area contributed by atoms with Gasteiger partial charge in [-0.15, -0.1) is 0 Å². The van der Waals surface area contributed by atoms with Crippen LogP contribution >= 0.6 is 0 Å². The second-order valence-corrected chi connectivity index (χ2v) is 7.07. The molecule has 0 unspecified atom stereocenters. The fourth-order valence-electron chi connectivity index (χ4n) is 3.50. The molecule has 0 bridgehead atoms. The lowest BCUT2D eigenvalue weighted by molar-refractivity contribution is -0.138. The molecule has 0 saturated heterocycles. The monoisotopic (exact) mass is 356 g/mol. The van der Waals surface area contributed by atoms with E-state index in [1.54, 1.807) is 23.1 Å². The highest BCUT2D eigenvalue weighted by atomic mass is 16.2. The van der Waals surface area contributed by atoms with E-state index in [1.165, 1.54) is 6.42 Å². The van der Waals surface area contributed by atoms with Crippen LogP contribution in [0.25, 0.3) is 0 Å². The van der Waals surface area contributed by atoms with E-state index in [0.29, 0.717) is 19.0 Å². The van der Waals surface area contributed by atoms with Crippen LogP contribution in [0.5, 0.6) is 0 Å². The first-order chi connectivity index (χ1) is 12.7. The van der Waals surface area contributed by atoms with Gasteiger partial charge in [-0.05, 0) is 31.4 Å². The second kappa shape index (κ2) is 7.31. The maximum Gasteiger partial charge on any atom is 0.242 e. The Morgan fingerprint density at radius 3 is 2.85 bits per heavy atom. The zero-order valence-electron chi connectivity index (χ0n) is 14.8. The van der Waals surface area contributed by atoms with Gasteiger partial charge >= 0.3 is 0 Å². The van der Waals surface area contributed by atoms with Crippen LogP contribution in [-0.2, 0) is 35.8 Å². The summed E-state index contributed by atoms with van der Waals surface area (Å²) in [5.41, 5.74) is 1.87. The average molecular weight is 356 g/mol. The summed E-state index contributed by atoms with van der Waals surface area (Å²) >= 11 is 0. The van der Waals surface area contributed by atoms with Gasteiger partial charge in [0.25, 0.3) is 0 Å². The van der Waals surface area contributed by atoms with Crippen molar-refractivity contribution in [1.82, 2.24) is 29.8 Å². The Kier molecular flexibility index (Phi) is 4.73. The third kappa shape index (κ3) is 3.63. The third-order valence-corrected chi connectivity index (χ3v) is 5.16. The van der Waals surface area contributed by atoms with E-state index in [4.69, 9.17) is 0 Å². The first-order valence-corrected chi connectivity index (χ1v) is 9.27. The number of amides is 2. The number of aryl methyl sites for hydroxylation is 1. The highest BCUT2D eigenvalue weighted by molar-refractivity contribution is 5.79. The molecule has 0 atom stereocenters. The Morgan fingerprint density at radius 2 is 2.12 bits per heavy atom. The molecule has 0 radical (unpaired) electrons. The lowest BCUT2D eigenvalue weighted by atomic mass is 9.84. The molecule has 4 rings (SSSR count). The zero-order valence-corrected chi connectivity index (χ0v) is 14.8. The third-order valence-electron chi connectivity index (χ3n) is 5.16. The predicted molar refractivity (Wildman–Crippen MR) is 93.7 cm³/mol. The minimum Gasteiger partial charge on any atom is -0.349 e. The van der Waals surface area contributed by atoms with Crippen molar-refractivity contribution in [2.24, 2.45) is 5.92 Å². The van der Waals surface area contributed by atoms with Crippen LogP contribution in [0.3, 0.4) is 0 Å². The fourth-order valence-corrected chi connectivity index (χ4v) is 3.50. The number of hydrogen-bond acceptors (Lipinski definition) is 4. The van der Waals surface area contributed by atoms with Crippen molar-refractivity contribution in [3.05, 3.63) is 35.9 Å².